The van der Waals surface area contributed by atoms with Crippen molar-refractivity contribution in [2.24, 2.45) is 5.41 Å². The molecule has 3 nitrogen and oxygen atoms in total. The first-order chi connectivity index (χ1) is 7.38. The van der Waals surface area contributed by atoms with E-state index in [0.717, 1.165) is 0 Å². The quantitative estimate of drug-likeness (QED) is 0.862. The van der Waals surface area contributed by atoms with E-state index in [1.807, 2.05) is 0 Å². The molecule has 2 rings (SSSR count). The molecular formula is C11H10BrFN2O. The SMILES string of the molecule is CC1(C#N)CC(O)(c2ncc(Br)cc2F)C1. The molecule has 1 aromatic heterocycles. The van der Waals surface area contributed by atoms with Gasteiger partial charge in [-0.3, -0.25) is 4.98 Å². The number of hydrogen-bond acceptors (Lipinski definition) is 3. The molecule has 0 radical (unpaired) electrons. The third kappa shape index (κ3) is 1.72. The maximum atomic E-state index is 13.6. The second-order valence-electron chi connectivity index (χ2n) is 4.54. The highest BCUT2D eigenvalue weighted by atomic mass is 79.9. The molecule has 0 spiro atoms. The first kappa shape index (κ1) is 11.5. The molecule has 1 fully saturated rings. The molecule has 0 unspecified atom stereocenters. The van der Waals surface area contributed by atoms with E-state index in [0.29, 0.717) is 4.47 Å². The Morgan fingerprint density at radius 3 is 2.75 bits per heavy atom. The van der Waals surface area contributed by atoms with Crippen LogP contribution in [0.15, 0.2) is 16.7 Å². The van der Waals surface area contributed by atoms with Crippen molar-refractivity contribution in [3.63, 3.8) is 0 Å². The molecule has 1 aliphatic carbocycles. The molecule has 16 heavy (non-hydrogen) atoms. The van der Waals surface area contributed by atoms with Crippen LogP contribution in [0.3, 0.4) is 0 Å². The molecule has 0 atom stereocenters. The summed E-state index contributed by atoms with van der Waals surface area (Å²) < 4.78 is 14.1. The molecule has 84 valence electrons. The number of aromatic nitrogens is 1. The molecule has 0 amide bonds. The number of rotatable bonds is 1. The Morgan fingerprint density at radius 2 is 2.25 bits per heavy atom. The molecule has 1 saturated carbocycles. The summed E-state index contributed by atoms with van der Waals surface area (Å²) in [5, 5.41) is 19.0. The van der Waals surface area contributed by atoms with E-state index in [2.05, 4.69) is 27.0 Å². The molecule has 0 saturated heterocycles. The number of hydrogen-bond donors (Lipinski definition) is 1. The molecule has 1 aliphatic rings. The van der Waals surface area contributed by atoms with Crippen molar-refractivity contribution in [3.8, 4) is 6.07 Å². The van der Waals surface area contributed by atoms with Crippen LogP contribution in [0.5, 0.6) is 0 Å². The Balaban J connectivity index is 2.31. The minimum absolute atomic E-state index is 0.0309. The van der Waals surface area contributed by atoms with Crippen LogP contribution in [-0.2, 0) is 5.60 Å². The Bertz CT molecular complexity index is 477. The lowest BCUT2D eigenvalue weighted by atomic mass is 9.59. The maximum absolute atomic E-state index is 13.6. The predicted molar refractivity (Wildman–Crippen MR) is 58.7 cm³/mol. The van der Waals surface area contributed by atoms with Gasteiger partial charge < -0.3 is 5.11 Å². The minimum atomic E-state index is -1.30. The lowest BCUT2D eigenvalue weighted by molar-refractivity contribution is -0.108. The summed E-state index contributed by atoms with van der Waals surface area (Å²) in [6.45, 7) is 1.75. The van der Waals surface area contributed by atoms with Gasteiger partial charge >= 0.3 is 0 Å². The lowest BCUT2D eigenvalue weighted by Gasteiger charge is -2.46. The monoisotopic (exact) mass is 284 g/mol. The smallest absolute Gasteiger partial charge is 0.148 e. The summed E-state index contributed by atoms with van der Waals surface area (Å²) in [6, 6.07) is 3.38. The van der Waals surface area contributed by atoms with Crippen LogP contribution >= 0.6 is 15.9 Å². The van der Waals surface area contributed by atoms with Gasteiger partial charge in [-0.25, -0.2) is 4.39 Å². The Labute approximate surface area is 101 Å². The van der Waals surface area contributed by atoms with E-state index in [4.69, 9.17) is 5.26 Å². The molecule has 1 N–H and O–H groups in total. The normalized spacial score (nSPS) is 32.9. The van der Waals surface area contributed by atoms with Crippen molar-refractivity contribution in [2.45, 2.75) is 25.4 Å². The highest BCUT2D eigenvalue weighted by Gasteiger charge is 2.54. The summed E-state index contributed by atoms with van der Waals surface area (Å²) in [5.74, 6) is -0.545. The van der Waals surface area contributed by atoms with Crippen molar-refractivity contribution in [2.75, 3.05) is 0 Å². The van der Waals surface area contributed by atoms with Crippen LogP contribution in [0.25, 0.3) is 0 Å². The predicted octanol–water partition coefficient (Wildman–Crippen LogP) is 2.49. The number of nitriles is 1. The number of halogens is 2. The number of nitrogens with zero attached hydrogens (tertiary/aromatic N) is 2. The Morgan fingerprint density at radius 1 is 1.62 bits per heavy atom. The van der Waals surface area contributed by atoms with Gasteiger partial charge in [-0.2, -0.15) is 5.26 Å². The highest BCUT2D eigenvalue weighted by Crippen LogP contribution is 2.53. The fourth-order valence-electron chi connectivity index (χ4n) is 2.24. The van der Waals surface area contributed by atoms with Crippen molar-refractivity contribution >= 4 is 15.9 Å². The summed E-state index contributed by atoms with van der Waals surface area (Å²) in [5.41, 5.74) is -1.84. The topological polar surface area (TPSA) is 56.9 Å². The van der Waals surface area contributed by atoms with Gasteiger partial charge in [0.1, 0.15) is 17.1 Å². The van der Waals surface area contributed by atoms with Gasteiger partial charge in [0.2, 0.25) is 0 Å². The van der Waals surface area contributed by atoms with Gasteiger partial charge in [-0.15, -0.1) is 0 Å². The summed E-state index contributed by atoms with van der Waals surface area (Å²) in [4.78, 5) is 3.89. The van der Waals surface area contributed by atoms with E-state index in [9.17, 15) is 9.50 Å². The second kappa shape index (κ2) is 3.51. The summed E-state index contributed by atoms with van der Waals surface area (Å²) in [7, 11) is 0. The van der Waals surface area contributed by atoms with Gasteiger partial charge in [0, 0.05) is 23.5 Å². The van der Waals surface area contributed by atoms with Crippen LogP contribution in [-0.4, -0.2) is 10.1 Å². The molecule has 0 bridgehead atoms. The molecule has 1 aromatic rings. The Hall–Kier alpha value is -0.990. The van der Waals surface area contributed by atoms with Gasteiger partial charge in [0.15, 0.2) is 0 Å². The summed E-state index contributed by atoms with van der Waals surface area (Å²) >= 11 is 3.10. The third-order valence-corrected chi connectivity index (χ3v) is 3.32. The standard InChI is InChI=1S/C11H10BrFN2O/c1-10(6-14)4-11(16,5-10)9-8(13)2-7(12)3-15-9/h2-3,16H,4-5H2,1H3. The number of pyridine rings is 1. The molecule has 1 heterocycles. The largest absolute Gasteiger partial charge is 0.383 e. The zero-order valence-corrected chi connectivity index (χ0v) is 10.3. The van der Waals surface area contributed by atoms with E-state index in [1.54, 1.807) is 6.92 Å². The number of aliphatic hydroxyl groups is 1. The minimum Gasteiger partial charge on any atom is -0.383 e. The summed E-state index contributed by atoms with van der Waals surface area (Å²) in [6.07, 6.45) is 1.89. The first-order valence-corrected chi connectivity index (χ1v) is 5.63. The molecule has 0 aromatic carbocycles. The van der Waals surface area contributed by atoms with E-state index < -0.39 is 16.8 Å². The zero-order valence-electron chi connectivity index (χ0n) is 8.67. The van der Waals surface area contributed by atoms with Gasteiger partial charge in [0.25, 0.3) is 0 Å². The van der Waals surface area contributed by atoms with Crippen molar-refractivity contribution in [1.29, 1.82) is 5.26 Å². The van der Waals surface area contributed by atoms with E-state index in [-0.39, 0.29) is 18.5 Å². The lowest BCUT2D eigenvalue weighted by Crippen LogP contribution is -2.48. The van der Waals surface area contributed by atoms with Gasteiger partial charge in [-0.1, -0.05) is 0 Å². The van der Waals surface area contributed by atoms with Crippen LogP contribution in [0, 0.1) is 22.6 Å². The average Bonchev–Trinajstić information content (AvgIpc) is 2.15. The fraction of sp³-hybridized carbons (Fsp3) is 0.455. The third-order valence-electron chi connectivity index (χ3n) is 2.88. The fourth-order valence-corrected chi connectivity index (χ4v) is 2.55. The van der Waals surface area contributed by atoms with Crippen LogP contribution < -0.4 is 0 Å². The van der Waals surface area contributed by atoms with Crippen LogP contribution in [0.1, 0.15) is 25.5 Å². The van der Waals surface area contributed by atoms with Crippen molar-refractivity contribution in [3.05, 3.63) is 28.2 Å². The highest BCUT2D eigenvalue weighted by molar-refractivity contribution is 9.10. The van der Waals surface area contributed by atoms with E-state index in [1.165, 1.54) is 12.3 Å². The maximum Gasteiger partial charge on any atom is 0.148 e. The van der Waals surface area contributed by atoms with Crippen LogP contribution in [0.4, 0.5) is 4.39 Å². The molecular weight excluding hydrogens is 275 g/mol. The average molecular weight is 285 g/mol. The van der Waals surface area contributed by atoms with Crippen LogP contribution in [0.2, 0.25) is 0 Å². The van der Waals surface area contributed by atoms with Crippen molar-refractivity contribution < 1.29 is 9.50 Å². The molecule has 0 aliphatic heterocycles. The second-order valence-corrected chi connectivity index (χ2v) is 5.46. The van der Waals surface area contributed by atoms with Gasteiger partial charge in [0.05, 0.1) is 11.5 Å². The zero-order chi connectivity index (χ0) is 12.0. The molecule has 5 heteroatoms. The Kier molecular flexibility index (Phi) is 2.52. The first-order valence-electron chi connectivity index (χ1n) is 4.84. The van der Waals surface area contributed by atoms with E-state index >= 15 is 0 Å². The van der Waals surface area contributed by atoms with Gasteiger partial charge in [-0.05, 0) is 28.9 Å². The van der Waals surface area contributed by atoms with Crippen molar-refractivity contribution in [1.82, 2.24) is 4.98 Å².